The van der Waals surface area contributed by atoms with E-state index in [1.54, 1.807) is 13.0 Å². The van der Waals surface area contributed by atoms with Gasteiger partial charge in [0.05, 0.1) is 39.9 Å². The summed E-state index contributed by atoms with van der Waals surface area (Å²) in [5.41, 5.74) is 0. The van der Waals surface area contributed by atoms with Crippen molar-refractivity contribution >= 4 is 13.7 Å². The number of carbonyl (C=O) groups excluding carboxylic acids is 1. The second-order valence-electron chi connectivity index (χ2n) is 5.93. The Kier molecular flexibility index (Phi) is 9.07. The summed E-state index contributed by atoms with van der Waals surface area (Å²) in [5, 5.41) is 12.3. The van der Waals surface area contributed by atoms with Crippen LogP contribution in [0.25, 0.3) is 0 Å². The first-order valence-electron chi connectivity index (χ1n) is 6.97. The van der Waals surface area contributed by atoms with Gasteiger partial charge in [0.2, 0.25) is 5.91 Å². The van der Waals surface area contributed by atoms with E-state index in [2.05, 4.69) is 5.32 Å². The molecule has 0 aliphatic heterocycles. The number of phosphoric acid groups is 1. The van der Waals surface area contributed by atoms with Crippen LogP contribution < -0.4 is 5.32 Å². The fourth-order valence-corrected chi connectivity index (χ4v) is 2.20. The first kappa shape index (κ1) is 21.2. The minimum Gasteiger partial charge on any atom is -0.387 e. The number of allylic oxidation sites excluding steroid dienone is 1. The maximum Gasteiger partial charge on any atom is 0.472 e. The largest absolute Gasteiger partial charge is 0.472 e. The summed E-state index contributed by atoms with van der Waals surface area (Å²) in [6.45, 7) is 3.23. The molecule has 130 valence electrons. The number of nitrogens with zero attached hydrogens (tertiary/aromatic N) is 1. The molecule has 0 aromatic heterocycles. The van der Waals surface area contributed by atoms with Gasteiger partial charge in [-0.3, -0.25) is 13.8 Å². The van der Waals surface area contributed by atoms with Gasteiger partial charge in [-0.25, -0.2) is 4.57 Å². The number of rotatable bonds is 10. The number of hydrogen-bond donors (Lipinski definition) is 3. The van der Waals surface area contributed by atoms with Crippen molar-refractivity contribution < 1.29 is 32.9 Å². The van der Waals surface area contributed by atoms with Crippen LogP contribution in [0, 0.1) is 0 Å². The number of amides is 1. The number of hydrogen-bond acceptors (Lipinski definition) is 5. The third kappa shape index (κ3) is 10.9. The molecule has 0 saturated carbocycles. The van der Waals surface area contributed by atoms with Crippen molar-refractivity contribution in [3.05, 3.63) is 12.2 Å². The van der Waals surface area contributed by atoms with Gasteiger partial charge in [-0.15, -0.1) is 0 Å². The predicted octanol–water partition coefficient (Wildman–Crippen LogP) is 0.268. The fourth-order valence-electron chi connectivity index (χ4n) is 1.46. The van der Waals surface area contributed by atoms with Gasteiger partial charge in [-0.1, -0.05) is 12.2 Å². The van der Waals surface area contributed by atoms with E-state index in [1.807, 2.05) is 21.1 Å². The molecule has 0 rings (SSSR count). The summed E-state index contributed by atoms with van der Waals surface area (Å²) < 4.78 is 22.0. The maximum absolute atomic E-state index is 11.8. The average Bonchev–Trinajstić information content (AvgIpc) is 2.32. The van der Waals surface area contributed by atoms with Crippen LogP contribution in [0.15, 0.2) is 12.2 Å². The molecule has 3 atom stereocenters. The van der Waals surface area contributed by atoms with E-state index in [0.29, 0.717) is 11.0 Å². The molecule has 1 amide bonds. The van der Waals surface area contributed by atoms with Crippen molar-refractivity contribution in [2.45, 2.75) is 26.0 Å². The number of phosphoric ester groups is 1. The van der Waals surface area contributed by atoms with Crippen LogP contribution in [0.5, 0.6) is 0 Å². The lowest BCUT2D eigenvalue weighted by atomic mass is 10.1. The number of quaternary nitrogens is 1. The molecular weight excluding hydrogens is 311 g/mol. The van der Waals surface area contributed by atoms with Crippen LogP contribution in [0.1, 0.15) is 13.8 Å². The Labute approximate surface area is 131 Å². The van der Waals surface area contributed by atoms with Gasteiger partial charge in [0.15, 0.2) is 0 Å². The zero-order chi connectivity index (χ0) is 17.4. The van der Waals surface area contributed by atoms with E-state index in [1.165, 1.54) is 13.0 Å². The van der Waals surface area contributed by atoms with Crippen molar-refractivity contribution in [3.8, 4) is 0 Å². The Balaban J connectivity index is 4.48. The molecule has 0 aromatic carbocycles. The molecule has 0 saturated heterocycles. The molecule has 9 heteroatoms. The van der Waals surface area contributed by atoms with Gasteiger partial charge in [0.1, 0.15) is 13.2 Å². The molecule has 0 bridgehead atoms. The molecular formula is C13H28N2O6P+. The number of carbonyl (C=O) groups is 1. The van der Waals surface area contributed by atoms with Gasteiger partial charge < -0.3 is 19.8 Å². The maximum atomic E-state index is 11.8. The second-order valence-corrected chi connectivity index (χ2v) is 7.39. The third-order valence-corrected chi connectivity index (χ3v) is 3.61. The fraction of sp³-hybridized carbons (Fsp3) is 0.769. The highest BCUT2D eigenvalue weighted by Gasteiger charge is 2.27. The standard InChI is InChI=1S/C13H27N2O6P/c1-6-7-13(17)12(14-11(2)16)10-21-22(18,19)20-9-8-15(3,4)5/h6-7,12-13,17H,8-10H2,1-5H3,(H-,14,16,18,19)/p+1/b7-6+. The van der Waals surface area contributed by atoms with Gasteiger partial charge in [0.25, 0.3) is 0 Å². The molecule has 22 heavy (non-hydrogen) atoms. The lowest BCUT2D eigenvalue weighted by Gasteiger charge is -2.25. The molecule has 0 fully saturated rings. The second kappa shape index (κ2) is 9.39. The molecule has 0 radical (unpaired) electrons. The highest BCUT2D eigenvalue weighted by molar-refractivity contribution is 7.47. The summed E-state index contributed by atoms with van der Waals surface area (Å²) >= 11 is 0. The monoisotopic (exact) mass is 339 g/mol. The topological polar surface area (TPSA) is 105 Å². The summed E-state index contributed by atoms with van der Waals surface area (Å²) in [6, 6.07) is -0.837. The van der Waals surface area contributed by atoms with Crippen LogP contribution in [0.3, 0.4) is 0 Å². The molecule has 0 aromatic rings. The van der Waals surface area contributed by atoms with E-state index < -0.39 is 20.0 Å². The van der Waals surface area contributed by atoms with E-state index in [4.69, 9.17) is 9.05 Å². The number of aliphatic hydroxyl groups is 1. The molecule has 3 N–H and O–H groups in total. The Hall–Kier alpha value is -0.760. The number of likely N-dealkylation sites (N-methyl/N-ethyl adjacent to an activating group) is 1. The zero-order valence-electron chi connectivity index (χ0n) is 13.9. The minimum atomic E-state index is -4.23. The number of aliphatic hydroxyl groups excluding tert-OH is 1. The average molecular weight is 339 g/mol. The normalized spacial score (nSPS) is 18.0. The van der Waals surface area contributed by atoms with Crippen LogP contribution >= 0.6 is 7.82 Å². The summed E-state index contributed by atoms with van der Waals surface area (Å²) in [7, 11) is 1.54. The van der Waals surface area contributed by atoms with Crippen molar-refractivity contribution in [1.82, 2.24) is 5.32 Å². The first-order valence-corrected chi connectivity index (χ1v) is 8.46. The molecule has 0 heterocycles. The molecule has 0 aliphatic carbocycles. The number of nitrogens with one attached hydrogen (secondary N) is 1. The first-order chi connectivity index (χ1) is 9.97. The van der Waals surface area contributed by atoms with E-state index in [0.717, 1.165) is 0 Å². The Bertz CT molecular complexity index is 421. The summed E-state index contributed by atoms with van der Waals surface area (Å²) in [4.78, 5) is 20.7. The van der Waals surface area contributed by atoms with Gasteiger partial charge in [-0.05, 0) is 6.92 Å². The van der Waals surface area contributed by atoms with Crippen molar-refractivity contribution in [3.63, 3.8) is 0 Å². The predicted molar refractivity (Wildman–Crippen MR) is 83.1 cm³/mol. The molecule has 0 spiro atoms. The van der Waals surface area contributed by atoms with Gasteiger partial charge in [0, 0.05) is 6.92 Å². The highest BCUT2D eigenvalue weighted by Crippen LogP contribution is 2.43. The van der Waals surface area contributed by atoms with E-state index in [9.17, 15) is 19.4 Å². The van der Waals surface area contributed by atoms with E-state index >= 15 is 0 Å². The van der Waals surface area contributed by atoms with Gasteiger partial charge >= 0.3 is 7.82 Å². The van der Waals surface area contributed by atoms with E-state index in [-0.39, 0.29) is 19.1 Å². The third-order valence-electron chi connectivity index (χ3n) is 2.62. The Morgan fingerprint density at radius 1 is 1.36 bits per heavy atom. The quantitative estimate of drug-likeness (QED) is 0.300. The zero-order valence-corrected chi connectivity index (χ0v) is 14.7. The summed E-state index contributed by atoms with van der Waals surface area (Å²) in [5.74, 6) is -0.379. The van der Waals surface area contributed by atoms with Crippen LogP contribution in [-0.2, 0) is 18.4 Å². The molecule has 8 nitrogen and oxygen atoms in total. The SMILES string of the molecule is C/C=C/C(O)C(COP(=O)(O)OCC[N+](C)(C)C)NC(C)=O. The van der Waals surface area contributed by atoms with Crippen molar-refractivity contribution in [2.75, 3.05) is 40.9 Å². The van der Waals surface area contributed by atoms with Crippen molar-refractivity contribution in [2.24, 2.45) is 0 Å². The van der Waals surface area contributed by atoms with Crippen LogP contribution in [0.2, 0.25) is 0 Å². The van der Waals surface area contributed by atoms with Gasteiger partial charge in [-0.2, -0.15) is 0 Å². The van der Waals surface area contributed by atoms with Crippen LogP contribution in [0.4, 0.5) is 0 Å². The smallest absolute Gasteiger partial charge is 0.387 e. The van der Waals surface area contributed by atoms with Crippen LogP contribution in [-0.4, -0.2) is 73.4 Å². The Morgan fingerprint density at radius 2 is 1.95 bits per heavy atom. The summed E-state index contributed by atoms with van der Waals surface area (Å²) in [6.07, 6.45) is 2.03. The van der Waals surface area contributed by atoms with Crippen molar-refractivity contribution in [1.29, 1.82) is 0 Å². The molecule has 0 aliphatic rings. The lowest BCUT2D eigenvalue weighted by Crippen LogP contribution is -2.44. The Morgan fingerprint density at radius 3 is 2.41 bits per heavy atom. The highest BCUT2D eigenvalue weighted by atomic mass is 31.2. The lowest BCUT2D eigenvalue weighted by molar-refractivity contribution is -0.870. The molecule has 3 unspecified atom stereocenters. The minimum absolute atomic E-state index is 0.0551.